The van der Waals surface area contributed by atoms with Gasteiger partial charge in [-0.05, 0) is 22.4 Å². The summed E-state index contributed by atoms with van der Waals surface area (Å²) in [6.07, 6.45) is 0.933. The standard InChI is InChI=1S/C21H26N6/c1-25-14-16-26(17-15-25)20(19-10-6-3-7-11-19)21-22-23-24-27(21)13-12-18-8-4-2-5-9-18/h2-11,20H,12-17H2,1H3/p+2/t20-/m1/s1. The number of piperazine rings is 1. The van der Waals surface area contributed by atoms with E-state index in [9.17, 15) is 0 Å². The van der Waals surface area contributed by atoms with Crippen molar-refractivity contribution in [2.24, 2.45) is 0 Å². The second kappa shape index (κ2) is 8.41. The molecule has 1 aromatic heterocycles. The molecule has 6 heteroatoms. The minimum absolute atomic E-state index is 0.185. The van der Waals surface area contributed by atoms with E-state index in [0.717, 1.165) is 31.9 Å². The number of benzene rings is 2. The van der Waals surface area contributed by atoms with Crippen molar-refractivity contribution >= 4 is 0 Å². The van der Waals surface area contributed by atoms with Gasteiger partial charge in [-0.3, -0.25) is 0 Å². The minimum Gasteiger partial charge on any atom is -0.328 e. The molecule has 0 amide bonds. The molecule has 0 bridgehead atoms. The monoisotopic (exact) mass is 364 g/mol. The Morgan fingerprint density at radius 3 is 2.30 bits per heavy atom. The van der Waals surface area contributed by atoms with Gasteiger partial charge in [-0.15, -0.1) is 5.10 Å². The zero-order valence-corrected chi connectivity index (χ0v) is 15.9. The number of rotatable bonds is 6. The van der Waals surface area contributed by atoms with Crippen molar-refractivity contribution < 1.29 is 9.80 Å². The van der Waals surface area contributed by atoms with Crippen LogP contribution in [0.25, 0.3) is 0 Å². The lowest BCUT2D eigenvalue weighted by Gasteiger charge is -2.32. The van der Waals surface area contributed by atoms with Gasteiger partial charge in [0.05, 0.1) is 7.05 Å². The van der Waals surface area contributed by atoms with Crippen LogP contribution >= 0.6 is 0 Å². The maximum absolute atomic E-state index is 4.47. The normalized spacial score (nSPS) is 21.1. The highest BCUT2D eigenvalue weighted by Gasteiger charge is 2.34. The van der Waals surface area contributed by atoms with E-state index in [0.29, 0.717) is 0 Å². The molecule has 0 aliphatic carbocycles. The van der Waals surface area contributed by atoms with Gasteiger partial charge in [0.25, 0.3) is 0 Å². The van der Waals surface area contributed by atoms with Crippen LogP contribution < -0.4 is 9.80 Å². The van der Waals surface area contributed by atoms with Gasteiger partial charge >= 0.3 is 0 Å². The van der Waals surface area contributed by atoms with E-state index in [-0.39, 0.29) is 6.04 Å². The van der Waals surface area contributed by atoms with Crippen LogP contribution in [0.15, 0.2) is 60.7 Å². The molecule has 1 aliphatic rings. The van der Waals surface area contributed by atoms with Gasteiger partial charge in [0, 0.05) is 12.1 Å². The maximum atomic E-state index is 4.47. The summed E-state index contributed by atoms with van der Waals surface area (Å²) >= 11 is 0. The van der Waals surface area contributed by atoms with Crippen LogP contribution in [0, 0.1) is 0 Å². The van der Waals surface area contributed by atoms with Crippen LogP contribution in [0.4, 0.5) is 0 Å². The second-order valence-electron chi connectivity index (χ2n) is 7.45. The Morgan fingerprint density at radius 1 is 0.926 bits per heavy atom. The van der Waals surface area contributed by atoms with Crippen LogP contribution in [0.5, 0.6) is 0 Å². The Hall–Kier alpha value is -2.57. The van der Waals surface area contributed by atoms with Gasteiger partial charge < -0.3 is 9.80 Å². The predicted molar refractivity (Wildman–Crippen MR) is 104 cm³/mol. The number of nitrogens with one attached hydrogen (secondary N) is 2. The van der Waals surface area contributed by atoms with Crippen LogP contribution in [-0.4, -0.2) is 53.4 Å². The first-order valence-electron chi connectivity index (χ1n) is 9.82. The van der Waals surface area contributed by atoms with Crippen molar-refractivity contribution in [2.45, 2.75) is 19.0 Å². The topological polar surface area (TPSA) is 52.5 Å². The highest BCUT2D eigenvalue weighted by atomic mass is 15.5. The number of quaternary nitrogens is 2. The fourth-order valence-electron chi connectivity index (χ4n) is 3.96. The first-order chi connectivity index (χ1) is 13.3. The van der Waals surface area contributed by atoms with Crippen molar-refractivity contribution in [3.8, 4) is 0 Å². The zero-order valence-electron chi connectivity index (χ0n) is 15.9. The smallest absolute Gasteiger partial charge is 0.214 e. The van der Waals surface area contributed by atoms with E-state index >= 15 is 0 Å². The molecule has 1 atom stereocenters. The van der Waals surface area contributed by atoms with Crippen molar-refractivity contribution in [1.29, 1.82) is 0 Å². The Balaban J connectivity index is 1.60. The molecule has 0 radical (unpaired) electrons. The number of nitrogens with zero attached hydrogens (tertiary/aromatic N) is 4. The maximum Gasteiger partial charge on any atom is 0.214 e. The Morgan fingerprint density at radius 2 is 1.59 bits per heavy atom. The summed E-state index contributed by atoms with van der Waals surface area (Å²) in [5.41, 5.74) is 2.61. The average Bonchev–Trinajstić information content (AvgIpc) is 3.18. The van der Waals surface area contributed by atoms with Gasteiger partial charge in [-0.2, -0.15) is 0 Å². The van der Waals surface area contributed by atoms with E-state index in [2.05, 4.69) is 83.2 Å². The summed E-state index contributed by atoms with van der Waals surface area (Å²) in [6.45, 7) is 5.44. The summed E-state index contributed by atoms with van der Waals surface area (Å²) < 4.78 is 2.00. The molecular formula is C21H28N6+2. The molecule has 2 aromatic carbocycles. The number of likely N-dealkylation sites (N-methyl/N-ethyl adjacent to an activating group) is 1. The fraction of sp³-hybridized carbons (Fsp3) is 0.381. The van der Waals surface area contributed by atoms with Gasteiger partial charge in [-0.1, -0.05) is 60.7 Å². The molecule has 1 aliphatic heterocycles. The van der Waals surface area contributed by atoms with Crippen LogP contribution in [-0.2, 0) is 13.0 Å². The third-order valence-electron chi connectivity index (χ3n) is 5.56. The molecule has 1 saturated heterocycles. The predicted octanol–water partition coefficient (Wildman–Crippen LogP) is -0.582. The molecule has 0 spiro atoms. The summed E-state index contributed by atoms with van der Waals surface area (Å²) in [5.74, 6) is 0.978. The van der Waals surface area contributed by atoms with Gasteiger partial charge in [-0.25, -0.2) is 4.68 Å². The average molecular weight is 364 g/mol. The number of hydrogen-bond acceptors (Lipinski definition) is 3. The molecule has 2 N–H and O–H groups in total. The quantitative estimate of drug-likeness (QED) is 0.615. The number of tetrazole rings is 1. The Bertz CT molecular complexity index is 824. The molecule has 4 rings (SSSR count). The molecule has 140 valence electrons. The first kappa shape index (κ1) is 17.8. The van der Waals surface area contributed by atoms with Gasteiger partial charge in [0.1, 0.15) is 26.2 Å². The lowest BCUT2D eigenvalue weighted by molar-refractivity contribution is -1.02. The number of hydrogen-bond donors (Lipinski definition) is 2. The Kier molecular flexibility index (Phi) is 5.55. The van der Waals surface area contributed by atoms with E-state index in [1.807, 2.05) is 4.68 Å². The molecule has 1 fully saturated rings. The largest absolute Gasteiger partial charge is 0.328 e. The lowest BCUT2D eigenvalue weighted by atomic mass is 10.0. The van der Waals surface area contributed by atoms with Crippen LogP contribution in [0.2, 0.25) is 0 Å². The van der Waals surface area contributed by atoms with E-state index in [1.165, 1.54) is 24.2 Å². The van der Waals surface area contributed by atoms with Crippen molar-refractivity contribution in [1.82, 2.24) is 20.2 Å². The van der Waals surface area contributed by atoms with Crippen molar-refractivity contribution in [3.05, 3.63) is 77.6 Å². The summed E-state index contributed by atoms with van der Waals surface area (Å²) in [7, 11) is 2.28. The van der Waals surface area contributed by atoms with Gasteiger partial charge in [0.2, 0.25) is 5.82 Å². The van der Waals surface area contributed by atoms with Crippen molar-refractivity contribution in [3.63, 3.8) is 0 Å². The number of aryl methyl sites for hydroxylation is 2. The van der Waals surface area contributed by atoms with E-state index in [1.54, 1.807) is 9.80 Å². The minimum atomic E-state index is 0.185. The molecule has 0 saturated carbocycles. The molecule has 6 nitrogen and oxygen atoms in total. The van der Waals surface area contributed by atoms with Gasteiger partial charge in [0.15, 0.2) is 6.04 Å². The molecule has 27 heavy (non-hydrogen) atoms. The third kappa shape index (κ3) is 4.23. The second-order valence-corrected chi connectivity index (χ2v) is 7.45. The van der Waals surface area contributed by atoms with Crippen LogP contribution in [0.3, 0.4) is 0 Å². The molecule has 0 unspecified atom stereocenters. The Labute approximate surface area is 160 Å². The van der Waals surface area contributed by atoms with Crippen molar-refractivity contribution in [2.75, 3.05) is 33.2 Å². The van der Waals surface area contributed by atoms with E-state index < -0.39 is 0 Å². The highest BCUT2D eigenvalue weighted by molar-refractivity contribution is 5.22. The van der Waals surface area contributed by atoms with Crippen LogP contribution in [0.1, 0.15) is 23.0 Å². The fourth-order valence-corrected chi connectivity index (χ4v) is 3.96. The summed E-state index contributed by atoms with van der Waals surface area (Å²) in [4.78, 5) is 3.16. The molecule has 3 aromatic rings. The highest BCUT2D eigenvalue weighted by Crippen LogP contribution is 2.17. The molecular weight excluding hydrogens is 336 g/mol. The van der Waals surface area contributed by atoms with E-state index in [4.69, 9.17) is 0 Å². The lowest BCUT2D eigenvalue weighted by Crippen LogP contribution is -3.27. The number of aromatic nitrogens is 4. The first-order valence-corrected chi connectivity index (χ1v) is 9.82. The zero-order chi connectivity index (χ0) is 18.5. The summed E-state index contributed by atoms with van der Waals surface area (Å²) in [5, 5.41) is 12.8. The summed E-state index contributed by atoms with van der Waals surface area (Å²) in [6, 6.07) is 21.4. The third-order valence-corrected chi connectivity index (χ3v) is 5.56. The SMILES string of the molecule is C[NH+]1CC[NH+]([C@H](c2ccccc2)c2nnnn2CCc2ccccc2)CC1. The molecule has 2 heterocycles.